The Morgan fingerprint density at radius 1 is 0.900 bits per heavy atom. The van der Waals surface area contributed by atoms with Crippen molar-refractivity contribution in [3.8, 4) is 39.6 Å². The maximum absolute atomic E-state index is 6.14. The summed E-state index contributed by atoms with van der Waals surface area (Å²) in [6.45, 7) is 5.57. The third-order valence-electron chi connectivity index (χ3n) is 4.83. The minimum absolute atomic E-state index is 0.262. The van der Waals surface area contributed by atoms with Gasteiger partial charge in [0.25, 0.3) is 0 Å². The molecule has 30 heavy (non-hydrogen) atoms. The molecule has 1 heterocycles. The van der Waals surface area contributed by atoms with E-state index in [1.807, 2.05) is 42.5 Å². The van der Waals surface area contributed by atoms with Crippen LogP contribution in [-0.4, -0.2) is 25.5 Å². The Balaban J connectivity index is 1.99. The topological polar surface area (TPSA) is 79.7 Å². The standard InChI is InChI=1S/C24H30N2O4/c1-4-6-14-28-19-12-13-20(21(16-19)29-15-7-5-2)23-22(24(25)30-26-23)17-8-10-18(27-3)11-9-17/h8-13,16H,4-7,14-15,25H2,1-3H3. The molecular formula is C24H30N2O4. The lowest BCUT2D eigenvalue weighted by Crippen LogP contribution is -2.01. The summed E-state index contributed by atoms with van der Waals surface area (Å²) in [5.74, 6) is 2.52. The lowest BCUT2D eigenvalue weighted by molar-refractivity contribution is 0.295. The second kappa shape index (κ2) is 10.6. The van der Waals surface area contributed by atoms with Crippen LogP contribution in [0.2, 0.25) is 0 Å². The number of nitrogens with two attached hydrogens (primary N) is 1. The maximum Gasteiger partial charge on any atom is 0.230 e. The number of methoxy groups -OCH3 is 1. The second-order valence-electron chi connectivity index (χ2n) is 7.06. The lowest BCUT2D eigenvalue weighted by Gasteiger charge is -2.14. The van der Waals surface area contributed by atoms with Crippen LogP contribution in [-0.2, 0) is 0 Å². The first-order valence-corrected chi connectivity index (χ1v) is 10.5. The first kappa shape index (κ1) is 21.6. The number of nitrogen functional groups attached to an aromatic ring is 1. The average Bonchev–Trinajstić information content (AvgIpc) is 3.15. The summed E-state index contributed by atoms with van der Waals surface area (Å²) in [6, 6.07) is 13.4. The smallest absolute Gasteiger partial charge is 0.230 e. The fraction of sp³-hybridized carbons (Fsp3) is 0.375. The molecule has 3 rings (SSSR count). The van der Waals surface area contributed by atoms with E-state index in [0.717, 1.165) is 53.9 Å². The highest BCUT2D eigenvalue weighted by Crippen LogP contribution is 2.41. The average molecular weight is 411 g/mol. The van der Waals surface area contributed by atoms with Crippen molar-refractivity contribution in [2.75, 3.05) is 26.1 Å². The SMILES string of the molecule is CCCCOc1ccc(-c2noc(N)c2-c2ccc(OC)cc2)c(OCCCC)c1. The summed E-state index contributed by atoms with van der Waals surface area (Å²) in [4.78, 5) is 0. The number of rotatable bonds is 11. The number of hydrogen-bond donors (Lipinski definition) is 1. The van der Waals surface area contributed by atoms with Gasteiger partial charge in [-0.2, -0.15) is 0 Å². The zero-order valence-corrected chi connectivity index (χ0v) is 17.9. The van der Waals surface area contributed by atoms with Crippen LogP contribution >= 0.6 is 0 Å². The highest BCUT2D eigenvalue weighted by Gasteiger charge is 2.21. The molecular weight excluding hydrogens is 380 g/mol. The van der Waals surface area contributed by atoms with Gasteiger partial charge in [-0.1, -0.05) is 44.0 Å². The third-order valence-corrected chi connectivity index (χ3v) is 4.83. The van der Waals surface area contributed by atoms with Crippen LogP contribution in [0.3, 0.4) is 0 Å². The number of nitrogens with zero attached hydrogens (tertiary/aromatic N) is 1. The van der Waals surface area contributed by atoms with Crippen LogP contribution in [0.15, 0.2) is 47.0 Å². The Labute approximate surface area is 177 Å². The first-order chi connectivity index (χ1) is 14.7. The first-order valence-electron chi connectivity index (χ1n) is 10.5. The highest BCUT2D eigenvalue weighted by atomic mass is 16.5. The Hall–Kier alpha value is -3.15. The van der Waals surface area contributed by atoms with Crippen LogP contribution in [0, 0.1) is 0 Å². The van der Waals surface area contributed by atoms with Crippen LogP contribution in [0.25, 0.3) is 22.4 Å². The summed E-state index contributed by atoms with van der Waals surface area (Å²) in [7, 11) is 1.64. The van der Waals surface area contributed by atoms with Gasteiger partial charge >= 0.3 is 0 Å². The Morgan fingerprint density at radius 3 is 2.23 bits per heavy atom. The number of aromatic nitrogens is 1. The largest absolute Gasteiger partial charge is 0.497 e. The van der Waals surface area contributed by atoms with Gasteiger partial charge in [-0.15, -0.1) is 0 Å². The summed E-state index contributed by atoms with van der Waals surface area (Å²) in [6.07, 6.45) is 4.11. The summed E-state index contributed by atoms with van der Waals surface area (Å²) >= 11 is 0. The summed E-state index contributed by atoms with van der Waals surface area (Å²) in [5, 5.41) is 4.25. The summed E-state index contributed by atoms with van der Waals surface area (Å²) < 4.78 is 22.6. The van der Waals surface area contributed by atoms with Gasteiger partial charge in [-0.05, 0) is 42.7 Å². The Kier molecular flexibility index (Phi) is 7.60. The molecule has 0 aliphatic heterocycles. The number of benzene rings is 2. The van der Waals surface area contributed by atoms with Gasteiger partial charge in [0.15, 0.2) is 0 Å². The van der Waals surface area contributed by atoms with Crippen molar-refractivity contribution in [3.05, 3.63) is 42.5 Å². The van der Waals surface area contributed by atoms with Crippen LogP contribution in [0.5, 0.6) is 17.2 Å². The predicted octanol–water partition coefficient (Wildman–Crippen LogP) is 5.96. The van der Waals surface area contributed by atoms with Crippen LogP contribution in [0.1, 0.15) is 39.5 Å². The molecule has 0 saturated carbocycles. The van der Waals surface area contributed by atoms with Gasteiger partial charge < -0.3 is 24.5 Å². The molecule has 0 unspecified atom stereocenters. The molecule has 0 aliphatic rings. The molecule has 0 bridgehead atoms. The normalized spacial score (nSPS) is 10.8. The summed E-state index contributed by atoms with van der Waals surface area (Å²) in [5.41, 5.74) is 9.23. The Bertz CT molecular complexity index is 935. The number of ether oxygens (including phenoxy) is 3. The predicted molar refractivity (Wildman–Crippen MR) is 119 cm³/mol. The third kappa shape index (κ3) is 5.06. The van der Waals surface area contributed by atoms with Crippen molar-refractivity contribution >= 4 is 5.88 Å². The van der Waals surface area contributed by atoms with E-state index < -0.39 is 0 Å². The minimum atomic E-state index is 0.262. The molecule has 6 heteroatoms. The van der Waals surface area contributed by atoms with Crippen molar-refractivity contribution in [3.63, 3.8) is 0 Å². The van der Waals surface area contributed by atoms with Crippen molar-refractivity contribution in [1.82, 2.24) is 5.16 Å². The molecule has 0 aliphatic carbocycles. The van der Waals surface area contributed by atoms with Crippen molar-refractivity contribution in [2.45, 2.75) is 39.5 Å². The van der Waals surface area contributed by atoms with E-state index in [9.17, 15) is 0 Å². The fourth-order valence-corrected chi connectivity index (χ4v) is 3.09. The zero-order valence-electron chi connectivity index (χ0n) is 17.9. The van der Waals surface area contributed by atoms with E-state index in [0.29, 0.717) is 24.7 Å². The molecule has 0 radical (unpaired) electrons. The molecule has 0 saturated heterocycles. The van der Waals surface area contributed by atoms with Crippen LogP contribution in [0.4, 0.5) is 5.88 Å². The van der Waals surface area contributed by atoms with E-state index in [-0.39, 0.29) is 5.88 Å². The minimum Gasteiger partial charge on any atom is -0.497 e. The molecule has 2 N–H and O–H groups in total. The van der Waals surface area contributed by atoms with Crippen molar-refractivity contribution in [1.29, 1.82) is 0 Å². The molecule has 0 amide bonds. The lowest BCUT2D eigenvalue weighted by atomic mass is 10.00. The quantitative estimate of drug-likeness (QED) is 0.393. The molecule has 3 aromatic rings. The molecule has 1 aromatic heterocycles. The van der Waals surface area contributed by atoms with Gasteiger partial charge in [-0.3, -0.25) is 0 Å². The molecule has 0 spiro atoms. The van der Waals surface area contributed by atoms with E-state index in [2.05, 4.69) is 19.0 Å². The number of anilines is 1. The van der Waals surface area contributed by atoms with Gasteiger partial charge in [0, 0.05) is 11.6 Å². The number of unbranched alkanes of at least 4 members (excludes halogenated alkanes) is 2. The van der Waals surface area contributed by atoms with Gasteiger partial charge in [0.1, 0.15) is 22.9 Å². The molecule has 0 atom stereocenters. The van der Waals surface area contributed by atoms with E-state index in [1.165, 1.54) is 0 Å². The maximum atomic E-state index is 6.14. The van der Waals surface area contributed by atoms with Gasteiger partial charge in [0.2, 0.25) is 5.88 Å². The van der Waals surface area contributed by atoms with Crippen LogP contribution < -0.4 is 19.9 Å². The number of hydrogen-bond acceptors (Lipinski definition) is 6. The van der Waals surface area contributed by atoms with Crippen molar-refractivity contribution in [2.24, 2.45) is 0 Å². The zero-order chi connectivity index (χ0) is 21.3. The second-order valence-corrected chi connectivity index (χ2v) is 7.06. The van der Waals surface area contributed by atoms with Crippen molar-refractivity contribution < 1.29 is 18.7 Å². The van der Waals surface area contributed by atoms with Gasteiger partial charge in [-0.25, -0.2) is 0 Å². The molecule has 6 nitrogen and oxygen atoms in total. The molecule has 160 valence electrons. The fourth-order valence-electron chi connectivity index (χ4n) is 3.09. The molecule has 2 aromatic carbocycles. The highest BCUT2D eigenvalue weighted by molar-refractivity contribution is 5.89. The monoisotopic (exact) mass is 410 g/mol. The molecule has 0 fully saturated rings. The van der Waals surface area contributed by atoms with E-state index in [4.69, 9.17) is 24.5 Å². The van der Waals surface area contributed by atoms with E-state index in [1.54, 1.807) is 7.11 Å². The van der Waals surface area contributed by atoms with Gasteiger partial charge in [0.05, 0.1) is 25.9 Å². The van der Waals surface area contributed by atoms with E-state index >= 15 is 0 Å². The Morgan fingerprint density at radius 2 is 1.57 bits per heavy atom.